The molecule has 0 radical (unpaired) electrons. The molecule has 2 fully saturated rings. The van der Waals surface area contributed by atoms with E-state index in [0.29, 0.717) is 22.8 Å². The van der Waals surface area contributed by atoms with Crippen LogP contribution in [0, 0.1) is 0 Å². The first-order valence-electron chi connectivity index (χ1n) is 20.1. The molecule has 10 rings (SSSR count). The van der Waals surface area contributed by atoms with Crippen molar-refractivity contribution in [3.05, 3.63) is 144 Å². The Morgan fingerprint density at radius 3 is 1.48 bits per heavy atom. The first kappa shape index (κ1) is 38.6. The van der Waals surface area contributed by atoms with Gasteiger partial charge >= 0.3 is 5.97 Å². The summed E-state index contributed by atoms with van der Waals surface area (Å²) in [5.74, 6) is 0.596. The van der Waals surface area contributed by atoms with Crippen LogP contribution in [0.1, 0.15) is 60.1 Å². The van der Waals surface area contributed by atoms with Crippen LogP contribution in [0.2, 0.25) is 0 Å². The Morgan fingerprint density at radius 2 is 1.05 bits per heavy atom. The second-order valence-electron chi connectivity index (χ2n) is 15.5. The SMILES string of the molecule is COC(=O)c1cc(OC)c2nc(-c3ccc(C4(N)CCC4)cc3)c(-c3ccccc3)n2n1.COc1ccnn2c(-c3ccccc3)c(-c3ccc(C4(N)CCC4)cc3)nc12. The van der Waals surface area contributed by atoms with Gasteiger partial charge in [0.25, 0.3) is 0 Å². The van der Waals surface area contributed by atoms with Crippen LogP contribution >= 0.6 is 0 Å². The molecule has 0 saturated heterocycles. The molecule has 8 aromatic rings. The molecule has 4 heterocycles. The van der Waals surface area contributed by atoms with Crippen molar-refractivity contribution in [3.8, 4) is 56.5 Å². The number of hydrogen-bond acceptors (Lipinski definition) is 10. The van der Waals surface area contributed by atoms with Gasteiger partial charge in [-0.25, -0.2) is 23.8 Å². The summed E-state index contributed by atoms with van der Waals surface area (Å²) in [5, 5.41) is 9.08. The normalized spacial score (nSPS) is 15.0. The number of nitrogens with two attached hydrogens (primary N) is 2. The van der Waals surface area contributed by atoms with Gasteiger partial charge in [0, 0.05) is 45.5 Å². The lowest BCUT2D eigenvalue weighted by Gasteiger charge is -2.38. The molecule has 0 unspecified atom stereocenters. The van der Waals surface area contributed by atoms with E-state index in [1.807, 2.05) is 71.2 Å². The fourth-order valence-electron chi connectivity index (χ4n) is 8.16. The van der Waals surface area contributed by atoms with Crippen molar-refractivity contribution in [3.63, 3.8) is 0 Å². The monoisotopic (exact) mass is 798 g/mol. The van der Waals surface area contributed by atoms with E-state index in [1.54, 1.807) is 31.0 Å². The van der Waals surface area contributed by atoms with E-state index < -0.39 is 5.97 Å². The Bertz CT molecular complexity index is 2810. The standard InChI is InChI=1S/C25H24N4O3.C23H22N4O/c1-31-20-15-19(24(30)32-2)28-29-22(17-7-4-3-5-8-17)21(27-23(20)29)16-9-11-18(12-10-16)25(26)13-6-14-25;1-28-19-12-15-25-27-21(17-6-3-2-4-7-17)20(26-22(19)27)16-8-10-18(11-9-16)23(24)13-5-14-23/h3-5,7-12,15H,6,13-14,26H2,1-2H3;2-4,6-12,15H,5,13-14,24H2,1H3. The molecule has 2 saturated carbocycles. The fraction of sp³-hybridized carbons (Fsp3) is 0.229. The molecule has 12 nitrogen and oxygen atoms in total. The molecule has 0 spiro atoms. The highest BCUT2D eigenvalue weighted by atomic mass is 16.5. The number of nitrogens with zero attached hydrogens (tertiary/aromatic N) is 6. The largest absolute Gasteiger partial charge is 0.493 e. The van der Waals surface area contributed by atoms with E-state index in [2.05, 4.69) is 58.7 Å². The molecule has 0 amide bonds. The maximum absolute atomic E-state index is 12.2. The van der Waals surface area contributed by atoms with Crippen molar-refractivity contribution in [2.24, 2.45) is 11.5 Å². The summed E-state index contributed by atoms with van der Waals surface area (Å²) in [7, 11) is 4.52. The Morgan fingerprint density at radius 1 is 0.583 bits per heavy atom. The Kier molecular flexibility index (Phi) is 10.1. The summed E-state index contributed by atoms with van der Waals surface area (Å²) in [6.07, 6.45) is 8.22. The van der Waals surface area contributed by atoms with Crippen LogP contribution < -0.4 is 20.9 Å². The van der Waals surface area contributed by atoms with Crippen molar-refractivity contribution >= 4 is 17.3 Å². The third kappa shape index (κ3) is 6.83. The quantitative estimate of drug-likeness (QED) is 0.136. The topological polar surface area (TPSA) is 157 Å². The molecular weight excluding hydrogens is 753 g/mol. The number of ether oxygens (including phenoxy) is 3. The van der Waals surface area contributed by atoms with E-state index >= 15 is 0 Å². The van der Waals surface area contributed by atoms with Gasteiger partial charge in [-0.05, 0) is 49.7 Å². The predicted octanol–water partition coefficient (Wildman–Crippen LogP) is 8.61. The highest BCUT2D eigenvalue weighted by Crippen LogP contribution is 2.42. The molecule has 60 heavy (non-hydrogen) atoms. The van der Waals surface area contributed by atoms with Gasteiger partial charge in [-0.1, -0.05) is 109 Å². The lowest BCUT2D eigenvalue weighted by molar-refractivity contribution is 0.0592. The lowest BCUT2D eigenvalue weighted by atomic mass is 9.72. The third-order valence-electron chi connectivity index (χ3n) is 11.9. The number of hydrogen-bond donors (Lipinski definition) is 2. The molecule has 4 N–H and O–H groups in total. The molecule has 0 atom stereocenters. The molecule has 2 aliphatic carbocycles. The minimum absolute atomic E-state index is 0.142. The predicted molar refractivity (Wildman–Crippen MR) is 232 cm³/mol. The summed E-state index contributed by atoms with van der Waals surface area (Å²) < 4.78 is 19.4. The van der Waals surface area contributed by atoms with Gasteiger partial charge in [0.2, 0.25) is 0 Å². The highest BCUT2D eigenvalue weighted by Gasteiger charge is 2.35. The Hall–Kier alpha value is -6.89. The lowest BCUT2D eigenvalue weighted by Crippen LogP contribution is -2.43. The van der Waals surface area contributed by atoms with Crippen molar-refractivity contribution < 1.29 is 19.0 Å². The number of esters is 1. The van der Waals surface area contributed by atoms with E-state index in [-0.39, 0.29) is 16.8 Å². The van der Waals surface area contributed by atoms with Gasteiger partial charge in [-0.3, -0.25) is 0 Å². The molecule has 0 bridgehead atoms. The van der Waals surface area contributed by atoms with E-state index in [4.69, 9.17) is 35.6 Å². The number of benzene rings is 4. The number of imidazole rings is 2. The van der Waals surface area contributed by atoms with E-state index in [1.165, 1.54) is 19.1 Å². The summed E-state index contributed by atoms with van der Waals surface area (Å²) in [6.45, 7) is 0. The Balaban J connectivity index is 0.000000155. The minimum Gasteiger partial charge on any atom is -0.493 e. The zero-order chi connectivity index (χ0) is 41.4. The van der Waals surface area contributed by atoms with Gasteiger partial charge in [-0.15, -0.1) is 0 Å². The summed E-state index contributed by atoms with van der Waals surface area (Å²) in [5.41, 5.74) is 23.6. The van der Waals surface area contributed by atoms with Crippen molar-refractivity contribution in [2.45, 2.75) is 49.6 Å². The molecular formula is C48H46N8O4. The van der Waals surface area contributed by atoms with Crippen molar-refractivity contribution in [2.75, 3.05) is 21.3 Å². The zero-order valence-corrected chi connectivity index (χ0v) is 33.8. The number of carbonyl (C=O) groups is 1. The minimum atomic E-state index is -0.544. The Labute approximate surface area is 347 Å². The number of aromatic nitrogens is 6. The van der Waals surface area contributed by atoms with Gasteiger partial charge in [0.1, 0.15) is 11.4 Å². The molecule has 0 aliphatic heterocycles. The first-order chi connectivity index (χ1) is 29.2. The van der Waals surface area contributed by atoms with Crippen LogP contribution in [0.5, 0.6) is 11.5 Å². The maximum atomic E-state index is 12.2. The van der Waals surface area contributed by atoms with Gasteiger partial charge in [0.05, 0.1) is 38.9 Å². The van der Waals surface area contributed by atoms with Crippen LogP contribution in [0.3, 0.4) is 0 Å². The van der Waals surface area contributed by atoms with Gasteiger partial charge in [0.15, 0.2) is 28.5 Å². The zero-order valence-electron chi connectivity index (χ0n) is 33.8. The van der Waals surface area contributed by atoms with Crippen molar-refractivity contribution in [1.29, 1.82) is 0 Å². The van der Waals surface area contributed by atoms with Gasteiger partial charge < -0.3 is 25.7 Å². The van der Waals surface area contributed by atoms with Gasteiger partial charge in [-0.2, -0.15) is 10.2 Å². The summed E-state index contributed by atoms with van der Waals surface area (Å²) in [6, 6.07) is 40.2. The molecule has 4 aromatic heterocycles. The number of rotatable bonds is 9. The second kappa shape index (κ2) is 15.7. The van der Waals surface area contributed by atoms with Crippen LogP contribution in [0.4, 0.5) is 0 Å². The smallest absolute Gasteiger partial charge is 0.358 e. The summed E-state index contributed by atoms with van der Waals surface area (Å²) >= 11 is 0. The number of methoxy groups -OCH3 is 3. The number of carbonyl (C=O) groups excluding carboxylic acids is 1. The van der Waals surface area contributed by atoms with Crippen molar-refractivity contribution in [1.82, 2.24) is 29.2 Å². The average molecular weight is 799 g/mol. The van der Waals surface area contributed by atoms with Crippen LogP contribution in [0.15, 0.2) is 128 Å². The molecule has 4 aromatic carbocycles. The highest BCUT2D eigenvalue weighted by molar-refractivity contribution is 5.90. The fourth-order valence-corrected chi connectivity index (χ4v) is 8.16. The van der Waals surface area contributed by atoms with E-state index in [0.717, 1.165) is 82.7 Å². The van der Waals surface area contributed by atoms with Crippen LogP contribution in [-0.2, 0) is 15.8 Å². The molecule has 302 valence electrons. The second-order valence-corrected chi connectivity index (χ2v) is 15.5. The molecule has 2 aliphatic rings. The third-order valence-corrected chi connectivity index (χ3v) is 11.9. The van der Waals surface area contributed by atoms with Crippen LogP contribution in [0.25, 0.3) is 56.3 Å². The summed E-state index contributed by atoms with van der Waals surface area (Å²) in [4.78, 5) is 22.0. The average Bonchev–Trinajstić information content (AvgIpc) is 3.87. The van der Waals surface area contributed by atoms with Crippen LogP contribution in [-0.4, -0.2) is 56.5 Å². The number of fused-ring (bicyclic) bond motifs is 2. The maximum Gasteiger partial charge on any atom is 0.358 e. The first-order valence-corrected chi connectivity index (χ1v) is 20.1. The molecule has 12 heteroatoms. The van der Waals surface area contributed by atoms with E-state index in [9.17, 15) is 4.79 Å².